The number of ether oxygens (including phenoxy) is 2. The van der Waals surface area contributed by atoms with Crippen molar-refractivity contribution < 1.29 is 14.6 Å². The van der Waals surface area contributed by atoms with Gasteiger partial charge < -0.3 is 25.2 Å². The number of guanidine groups is 1. The third-order valence-electron chi connectivity index (χ3n) is 5.61. The number of hydrogen-bond acceptors (Lipinski definition) is 4. The van der Waals surface area contributed by atoms with Gasteiger partial charge in [-0.25, -0.2) is 0 Å². The molecule has 0 spiro atoms. The van der Waals surface area contributed by atoms with Crippen molar-refractivity contribution in [1.29, 1.82) is 0 Å². The molecule has 0 aromatic carbocycles. The molecule has 6 nitrogen and oxygen atoms in total. The van der Waals surface area contributed by atoms with Crippen LogP contribution in [-0.2, 0) is 9.47 Å². The summed E-state index contributed by atoms with van der Waals surface area (Å²) in [6, 6.07) is 0. The van der Waals surface area contributed by atoms with Gasteiger partial charge in [0.1, 0.15) is 0 Å². The number of aliphatic imine (C=N–C) groups is 1. The molecule has 2 fully saturated rings. The second-order valence-corrected chi connectivity index (χ2v) is 7.69. The zero-order valence-electron chi connectivity index (χ0n) is 16.6. The van der Waals surface area contributed by atoms with Crippen molar-refractivity contribution in [2.24, 2.45) is 10.4 Å². The van der Waals surface area contributed by atoms with Crippen LogP contribution >= 0.6 is 0 Å². The molecule has 3 N–H and O–H groups in total. The summed E-state index contributed by atoms with van der Waals surface area (Å²) in [4.78, 5) is 4.84. The van der Waals surface area contributed by atoms with E-state index in [1.54, 1.807) is 0 Å². The molecule has 1 heterocycles. The van der Waals surface area contributed by atoms with E-state index in [1.165, 1.54) is 32.1 Å². The summed E-state index contributed by atoms with van der Waals surface area (Å²) < 4.78 is 11.3. The smallest absolute Gasteiger partial charge is 0.191 e. The van der Waals surface area contributed by atoms with E-state index < -0.39 is 0 Å². The first-order chi connectivity index (χ1) is 12.8. The van der Waals surface area contributed by atoms with Gasteiger partial charge in [0.2, 0.25) is 0 Å². The molecular weight excluding hydrogens is 330 g/mol. The average molecular weight is 370 g/mol. The number of aliphatic hydroxyl groups excluding tert-OH is 1. The lowest BCUT2D eigenvalue weighted by Crippen LogP contribution is -2.39. The maximum atomic E-state index is 9.46. The molecule has 6 heteroatoms. The number of rotatable bonds is 10. The number of nitrogens with one attached hydrogen (secondary N) is 2. The van der Waals surface area contributed by atoms with Gasteiger partial charge in [-0.3, -0.25) is 4.99 Å². The van der Waals surface area contributed by atoms with Gasteiger partial charge in [0, 0.05) is 46.1 Å². The van der Waals surface area contributed by atoms with Gasteiger partial charge in [0.05, 0.1) is 6.10 Å². The van der Waals surface area contributed by atoms with Crippen LogP contribution in [0.2, 0.25) is 0 Å². The highest BCUT2D eigenvalue weighted by Crippen LogP contribution is 2.39. The van der Waals surface area contributed by atoms with E-state index in [9.17, 15) is 5.11 Å². The van der Waals surface area contributed by atoms with Crippen molar-refractivity contribution in [3.05, 3.63) is 0 Å². The molecule has 2 rings (SSSR count). The summed E-state index contributed by atoms with van der Waals surface area (Å²) in [5.74, 6) is 0.890. The Morgan fingerprint density at radius 1 is 1.19 bits per heavy atom. The molecule has 0 unspecified atom stereocenters. The van der Waals surface area contributed by atoms with Crippen molar-refractivity contribution >= 4 is 5.96 Å². The zero-order chi connectivity index (χ0) is 18.5. The standard InChI is InChI=1S/C20H39N3O3/c1-2-21-19(22-12-6-14-26-18-7-15-25-16-8-18)23-17-20(11-13-24)9-4-3-5-10-20/h18,24H,2-17H2,1H3,(H2,21,22,23). The zero-order valence-corrected chi connectivity index (χ0v) is 16.6. The Labute approximate surface area is 159 Å². The molecule has 1 aliphatic carbocycles. The maximum Gasteiger partial charge on any atom is 0.191 e. The molecule has 0 bridgehead atoms. The van der Waals surface area contributed by atoms with Crippen LogP contribution in [0.5, 0.6) is 0 Å². The van der Waals surface area contributed by atoms with Gasteiger partial charge in [-0.2, -0.15) is 0 Å². The quantitative estimate of drug-likeness (QED) is 0.313. The molecule has 0 aromatic heterocycles. The number of aliphatic hydroxyl groups is 1. The SMILES string of the molecule is CCNC(=NCC1(CCO)CCCCC1)NCCCOC1CCOCC1. The fourth-order valence-corrected chi connectivity index (χ4v) is 3.99. The Bertz CT molecular complexity index is 386. The molecule has 1 saturated carbocycles. The minimum Gasteiger partial charge on any atom is -0.396 e. The van der Waals surface area contributed by atoms with E-state index in [4.69, 9.17) is 14.5 Å². The van der Waals surface area contributed by atoms with Gasteiger partial charge >= 0.3 is 0 Å². The predicted octanol–water partition coefficient (Wildman–Crippen LogP) is 2.46. The van der Waals surface area contributed by atoms with E-state index in [0.29, 0.717) is 6.10 Å². The Balaban J connectivity index is 1.70. The molecule has 0 amide bonds. The normalized spacial score (nSPS) is 21.5. The first kappa shape index (κ1) is 21.5. The molecule has 0 atom stereocenters. The third-order valence-corrected chi connectivity index (χ3v) is 5.61. The van der Waals surface area contributed by atoms with Gasteiger partial charge in [-0.15, -0.1) is 0 Å². The average Bonchev–Trinajstić information content (AvgIpc) is 2.67. The largest absolute Gasteiger partial charge is 0.396 e. The molecule has 0 radical (unpaired) electrons. The van der Waals surface area contributed by atoms with Crippen molar-refractivity contribution in [3.8, 4) is 0 Å². The van der Waals surface area contributed by atoms with Gasteiger partial charge in [0.25, 0.3) is 0 Å². The Kier molecular flexibility index (Phi) is 10.3. The number of nitrogens with zero attached hydrogens (tertiary/aromatic N) is 1. The summed E-state index contributed by atoms with van der Waals surface area (Å²) in [7, 11) is 0. The molecular formula is C20H39N3O3. The Morgan fingerprint density at radius 2 is 1.96 bits per heavy atom. The summed E-state index contributed by atoms with van der Waals surface area (Å²) in [5.41, 5.74) is 0.196. The lowest BCUT2D eigenvalue weighted by molar-refractivity contribution is -0.0320. The minimum atomic E-state index is 0.196. The van der Waals surface area contributed by atoms with Crippen molar-refractivity contribution in [2.75, 3.05) is 46.1 Å². The van der Waals surface area contributed by atoms with Crippen LogP contribution in [-0.4, -0.2) is 63.2 Å². The van der Waals surface area contributed by atoms with Crippen LogP contribution < -0.4 is 10.6 Å². The lowest BCUT2D eigenvalue weighted by atomic mass is 9.72. The summed E-state index contributed by atoms with van der Waals surface area (Å²) in [6.45, 7) is 7.33. The van der Waals surface area contributed by atoms with Gasteiger partial charge in [-0.05, 0) is 50.9 Å². The van der Waals surface area contributed by atoms with E-state index in [-0.39, 0.29) is 12.0 Å². The fraction of sp³-hybridized carbons (Fsp3) is 0.950. The van der Waals surface area contributed by atoms with Crippen LogP contribution in [0.25, 0.3) is 0 Å². The molecule has 26 heavy (non-hydrogen) atoms. The molecule has 0 aromatic rings. The first-order valence-corrected chi connectivity index (χ1v) is 10.6. The fourth-order valence-electron chi connectivity index (χ4n) is 3.99. The Hall–Kier alpha value is -0.850. The minimum absolute atomic E-state index is 0.196. The summed E-state index contributed by atoms with van der Waals surface area (Å²) in [5, 5.41) is 16.2. The lowest BCUT2D eigenvalue weighted by Gasteiger charge is -2.35. The second kappa shape index (κ2) is 12.5. The van der Waals surface area contributed by atoms with E-state index in [2.05, 4.69) is 17.6 Å². The second-order valence-electron chi connectivity index (χ2n) is 7.69. The van der Waals surface area contributed by atoms with Crippen molar-refractivity contribution in [1.82, 2.24) is 10.6 Å². The predicted molar refractivity (Wildman–Crippen MR) is 106 cm³/mol. The third kappa shape index (κ3) is 7.80. The monoisotopic (exact) mass is 369 g/mol. The highest BCUT2D eigenvalue weighted by molar-refractivity contribution is 5.79. The highest BCUT2D eigenvalue weighted by Gasteiger charge is 2.31. The summed E-state index contributed by atoms with van der Waals surface area (Å²) >= 11 is 0. The van der Waals surface area contributed by atoms with Crippen LogP contribution in [0, 0.1) is 5.41 Å². The van der Waals surface area contributed by atoms with E-state index >= 15 is 0 Å². The van der Waals surface area contributed by atoms with Crippen LogP contribution in [0.4, 0.5) is 0 Å². The maximum absolute atomic E-state index is 9.46. The van der Waals surface area contributed by atoms with Gasteiger partial charge in [-0.1, -0.05) is 19.3 Å². The highest BCUT2D eigenvalue weighted by atomic mass is 16.5. The number of hydrogen-bond donors (Lipinski definition) is 3. The van der Waals surface area contributed by atoms with Gasteiger partial charge in [0.15, 0.2) is 5.96 Å². The topological polar surface area (TPSA) is 75.1 Å². The summed E-state index contributed by atoms with van der Waals surface area (Å²) in [6.07, 6.45) is 10.5. The van der Waals surface area contributed by atoms with Crippen LogP contribution in [0.15, 0.2) is 4.99 Å². The van der Waals surface area contributed by atoms with Crippen LogP contribution in [0.3, 0.4) is 0 Å². The Morgan fingerprint density at radius 3 is 2.65 bits per heavy atom. The van der Waals surface area contributed by atoms with E-state index in [1.807, 2.05) is 0 Å². The molecule has 1 aliphatic heterocycles. The van der Waals surface area contributed by atoms with Crippen molar-refractivity contribution in [2.45, 2.75) is 70.8 Å². The first-order valence-electron chi connectivity index (χ1n) is 10.6. The van der Waals surface area contributed by atoms with Crippen molar-refractivity contribution in [3.63, 3.8) is 0 Å². The van der Waals surface area contributed by atoms with Crippen LogP contribution in [0.1, 0.15) is 64.7 Å². The molecule has 2 aliphatic rings. The van der Waals surface area contributed by atoms with E-state index in [0.717, 1.165) is 71.1 Å². The molecule has 1 saturated heterocycles. The molecule has 152 valence electrons.